The van der Waals surface area contributed by atoms with Crippen LogP contribution in [0.1, 0.15) is 43.8 Å². The summed E-state index contributed by atoms with van der Waals surface area (Å²) in [5, 5.41) is 12.2. The van der Waals surface area contributed by atoms with Crippen LogP contribution in [0, 0.1) is 11.3 Å². The molecule has 4 heteroatoms. The number of rotatable bonds is 6. The highest BCUT2D eigenvalue weighted by atomic mass is 16.4. The molecule has 0 spiro atoms. The molecule has 1 aromatic rings. The van der Waals surface area contributed by atoms with Crippen LogP contribution >= 0.6 is 0 Å². The van der Waals surface area contributed by atoms with Crippen molar-refractivity contribution < 1.29 is 14.3 Å². The number of aromatic carboxylic acids is 1. The predicted molar refractivity (Wildman–Crippen MR) is 66.0 cm³/mol. The summed E-state index contributed by atoms with van der Waals surface area (Å²) >= 11 is 0. The zero-order valence-corrected chi connectivity index (χ0v) is 10.9. The van der Waals surface area contributed by atoms with Gasteiger partial charge in [-0.2, -0.15) is 0 Å². The summed E-state index contributed by atoms with van der Waals surface area (Å²) in [6, 6.07) is 1.48. The molecule has 0 saturated heterocycles. The number of furan rings is 1. The molecule has 1 aromatic heterocycles. The highest BCUT2D eigenvalue weighted by molar-refractivity contribution is 5.88. The molecule has 0 amide bonds. The van der Waals surface area contributed by atoms with Gasteiger partial charge in [0.25, 0.3) is 0 Å². The van der Waals surface area contributed by atoms with Crippen molar-refractivity contribution >= 4 is 5.97 Å². The number of carboxylic acids is 1. The second kappa shape index (κ2) is 5.36. The molecule has 0 saturated carbocycles. The summed E-state index contributed by atoms with van der Waals surface area (Å²) in [5.41, 5.74) is 0.413. The van der Waals surface area contributed by atoms with Gasteiger partial charge in [-0.25, -0.2) is 4.79 Å². The largest absolute Gasteiger partial charge is 0.478 e. The van der Waals surface area contributed by atoms with Crippen LogP contribution in [0.25, 0.3) is 0 Å². The molecule has 17 heavy (non-hydrogen) atoms. The van der Waals surface area contributed by atoms with Gasteiger partial charge in [-0.3, -0.25) is 0 Å². The maximum absolute atomic E-state index is 10.9. The molecule has 0 bridgehead atoms. The van der Waals surface area contributed by atoms with Crippen molar-refractivity contribution in [3.05, 3.63) is 23.7 Å². The Morgan fingerprint density at radius 1 is 1.53 bits per heavy atom. The fourth-order valence-corrected chi connectivity index (χ4v) is 1.37. The Balaban J connectivity index is 2.52. The summed E-state index contributed by atoms with van der Waals surface area (Å²) in [6.07, 6.45) is 1.41. The van der Waals surface area contributed by atoms with Crippen molar-refractivity contribution in [1.82, 2.24) is 5.32 Å². The average molecular weight is 239 g/mol. The topological polar surface area (TPSA) is 62.5 Å². The van der Waals surface area contributed by atoms with Crippen LogP contribution in [0.4, 0.5) is 0 Å². The van der Waals surface area contributed by atoms with Gasteiger partial charge in [-0.1, -0.05) is 27.7 Å². The molecule has 2 N–H and O–H groups in total. The molecule has 0 aliphatic rings. The predicted octanol–water partition coefficient (Wildman–Crippen LogP) is 2.75. The van der Waals surface area contributed by atoms with Crippen LogP contribution in [0.3, 0.4) is 0 Å². The van der Waals surface area contributed by atoms with Crippen LogP contribution < -0.4 is 5.32 Å². The van der Waals surface area contributed by atoms with E-state index in [0.717, 1.165) is 6.54 Å². The van der Waals surface area contributed by atoms with Crippen LogP contribution in [-0.2, 0) is 6.54 Å². The summed E-state index contributed by atoms with van der Waals surface area (Å²) < 4.78 is 5.16. The highest BCUT2D eigenvalue weighted by Crippen LogP contribution is 2.24. The molecular formula is C13H21NO3. The summed E-state index contributed by atoms with van der Waals surface area (Å²) in [4.78, 5) is 10.9. The molecule has 0 aromatic carbocycles. The first-order chi connectivity index (χ1) is 7.84. The van der Waals surface area contributed by atoms with Crippen LogP contribution in [0.5, 0.6) is 0 Å². The van der Waals surface area contributed by atoms with Crippen LogP contribution in [-0.4, -0.2) is 17.6 Å². The summed E-state index contributed by atoms with van der Waals surface area (Å²) in [7, 11) is 0. The van der Waals surface area contributed by atoms with Gasteiger partial charge in [0.15, 0.2) is 0 Å². The quantitative estimate of drug-likeness (QED) is 0.801. The number of hydrogen-bond acceptors (Lipinski definition) is 3. The van der Waals surface area contributed by atoms with Crippen molar-refractivity contribution in [3.63, 3.8) is 0 Å². The number of nitrogens with one attached hydrogen (secondary N) is 1. The smallest absolute Gasteiger partial charge is 0.339 e. The van der Waals surface area contributed by atoms with Gasteiger partial charge >= 0.3 is 5.97 Å². The zero-order chi connectivity index (χ0) is 13.1. The monoisotopic (exact) mass is 239 g/mol. The third kappa shape index (κ3) is 3.60. The van der Waals surface area contributed by atoms with E-state index in [1.54, 1.807) is 0 Å². The third-order valence-electron chi connectivity index (χ3n) is 3.40. The Morgan fingerprint density at radius 3 is 2.71 bits per heavy atom. The lowest BCUT2D eigenvalue weighted by Crippen LogP contribution is -2.33. The Hall–Kier alpha value is -1.29. The van der Waals surface area contributed by atoms with E-state index in [1.165, 1.54) is 12.3 Å². The van der Waals surface area contributed by atoms with Crippen molar-refractivity contribution in [2.75, 3.05) is 6.54 Å². The standard InChI is InChI=1S/C13H21NO3/c1-9(2)13(3,4)8-14-7-11-10(12(15)16)5-6-17-11/h5-6,9,14H,7-8H2,1-4H3,(H,15,16). The van der Waals surface area contributed by atoms with Crippen LogP contribution in [0.15, 0.2) is 16.7 Å². The summed E-state index contributed by atoms with van der Waals surface area (Å²) in [6.45, 7) is 10.00. The second-order valence-corrected chi connectivity index (χ2v) is 5.31. The highest BCUT2D eigenvalue weighted by Gasteiger charge is 2.22. The SMILES string of the molecule is CC(C)C(C)(C)CNCc1occc1C(=O)O. The van der Waals surface area contributed by atoms with E-state index in [1.807, 2.05) is 0 Å². The van der Waals surface area contributed by atoms with E-state index >= 15 is 0 Å². The zero-order valence-electron chi connectivity index (χ0n) is 10.9. The van der Waals surface area contributed by atoms with Crippen molar-refractivity contribution in [2.45, 2.75) is 34.2 Å². The Labute approximate surface area is 102 Å². The lowest BCUT2D eigenvalue weighted by molar-refractivity contribution is 0.0694. The minimum absolute atomic E-state index is 0.177. The fraction of sp³-hybridized carbons (Fsp3) is 0.615. The van der Waals surface area contributed by atoms with E-state index in [2.05, 4.69) is 33.0 Å². The maximum atomic E-state index is 10.9. The first-order valence-corrected chi connectivity index (χ1v) is 5.85. The average Bonchev–Trinajstić information content (AvgIpc) is 2.65. The molecule has 0 aliphatic carbocycles. The van der Waals surface area contributed by atoms with Gasteiger partial charge in [-0.05, 0) is 17.4 Å². The molecule has 96 valence electrons. The third-order valence-corrected chi connectivity index (χ3v) is 3.40. The fourth-order valence-electron chi connectivity index (χ4n) is 1.37. The van der Waals surface area contributed by atoms with Crippen molar-refractivity contribution in [2.24, 2.45) is 11.3 Å². The normalized spacial score (nSPS) is 12.1. The second-order valence-electron chi connectivity index (χ2n) is 5.31. The van der Waals surface area contributed by atoms with Gasteiger partial charge in [0.2, 0.25) is 0 Å². The van der Waals surface area contributed by atoms with E-state index in [9.17, 15) is 4.79 Å². The lowest BCUT2D eigenvalue weighted by atomic mass is 9.81. The summed E-state index contributed by atoms with van der Waals surface area (Å²) in [5.74, 6) is 0.0984. The van der Waals surface area contributed by atoms with Crippen molar-refractivity contribution in [1.29, 1.82) is 0 Å². The van der Waals surface area contributed by atoms with E-state index in [4.69, 9.17) is 9.52 Å². The van der Waals surface area contributed by atoms with Crippen LogP contribution in [0.2, 0.25) is 0 Å². The van der Waals surface area contributed by atoms with Gasteiger partial charge in [0.1, 0.15) is 11.3 Å². The maximum Gasteiger partial charge on any atom is 0.339 e. The minimum Gasteiger partial charge on any atom is -0.478 e. The molecule has 0 radical (unpaired) electrons. The molecule has 1 heterocycles. The van der Waals surface area contributed by atoms with E-state index in [-0.39, 0.29) is 11.0 Å². The molecule has 0 fully saturated rings. The molecular weight excluding hydrogens is 218 g/mol. The van der Waals surface area contributed by atoms with Gasteiger partial charge < -0.3 is 14.8 Å². The first-order valence-electron chi connectivity index (χ1n) is 5.85. The molecule has 0 aliphatic heterocycles. The van der Waals surface area contributed by atoms with Gasteiger partial charge in [-0.15, -0.1) is 0 Å². The van der Waals surface area contributed by atoms with Crippen molar-refractivity contribution in [3.8, 4) is 0 Å². The Bertz CT molecular complexity index is 380. The minimum atomic E-state index is -0.946. The number of carbonyl (C=O) groups is 1. The molecule has 0 atom stereocenters. The van der Waals surface area contributed by atoms with E-state index in [0.29, 0.717) is 18.2 Å². The number of hydrogen-bond donors (Lipinski definition) is 2. The molecule has 1 rings (SSSR count). The molecule has 0 unspecified atom stereocenters. The Kier molecular flexibility index (Phi) is 4.34. The van der Waals surface area contributed by atoms with Gasteiger partial charge in [0, 0.05) is 6.54 Å². The van der Waals surface area contributed by atoms with E-state index < -0.39 is 5.97 Å². The lowest BCUT2D eigenvalue weighted by Gasteiger charge is -2.29. The number of carboxylic acid groups (broad SMARTS) is 1. The Morgan fingerprint density at radius 2 is 2.18 bits per heavy atom. The first kappa shape index (κ1) is 13.8. The van der Waals surface area contributed by atoms with Gasteiger partial charge in [0.05, 0.1) is 12.8 Å². The molecule has 4 nitrogen and oxygen atoms in total.